The van der Waals surface area contributed by atoms with Crippen LogP contribution in [0.5, 0.6) is 0 Å². The van der Waals surface area contributed by atoms with E-state index in [1.54, 1.807) is 54.4 Å². The van der Waals surface area contributed by atoms with Crippen molar-refractivity contribution in [3.8, 4) is 0 Å². The highest BCUT2D eigenvalue weighted by atomic mass is 32.2. The highest BCUT2D eigenvalue weighted by molar-refractivity contribution is 7.90. The Morgan fingerprint density at radius 1 is 1.15 bits per heavy atom. The Hall–Kier alpha value is -3.53. The van der Waals surface area contributed by atoms with E-state index in [9.17, 15) is 18.0 Å². The predicted molar refractivity (Wildman–Crippen MR) is 126 cm³/mol. The average molecular weight is 468 g/mol. The fourth-order valence-corrected chi connectivity index (χ4v) is 4.32. The second-order valence-corrected chi connectivity index (χ2v) is 10.1. The second kappa shape index (κ2) is 9.14. The minimum absolute atomic E-state index is 0.0207. The van der Waals surface area contributed by atoms with Gasteiger partial charge in [-0.15, -0.1) is 0 Å². The van der Waals surface area contributed by atoms with Crippen molar-refractivity contribution in [2.24, 2.45) is 0 Å². The summed E-state index contributed by atoms with van der Waals surface area (Å²) < 4.78 is 23.6. The number of hydrogen-bond donors (Lipinski definition) is 2. The maximum atomic E-state index is 12.9. The molecule has 1 fully saturated rings. The van der Waals surface area contributed by atoms with Crippen molar-refractivity contribution in [2.75, 3.05) is 30.0 Å². The van der Waals surface area contributed by atoms with Gasteiger partial charge in [-0.1, -0.05) is 6.92 Å². The number of sulfone groups is 1. The Balaban J connectivity index is 1.41. The second-order valence-electron chi connectivity index (χ2n) is 8.05. The zero-order valence-electron chi connectivity index (χ0n) is 18.4. The third kappa shape index (κ3) is 5.28. The highest BCUT2D eigenvalue weighted by Gasteiger charge is 2.27. The number of likely N-dealkylation sites (tertiary alicyclic amines) is 1. The van der Waals surface area contributed by atoms with E-state index in [2.05, 4.69) is 20.6 Å². The molecule has 0 radical (unpaired) electrons. The lowest BCUT2D eigenvalue weighted by atomic mass is 10.2. The van der Waals surface area contributed by atoms with Gasteiger partial charge in [0, 0.05) is 54.6 Å². The number of benzene rings is 2. The lowest BCUT2D eigenvalue weighted by Gasteiger charge is -2.17. The number of carbonyl (C=O) groups is 2. The molecular formula is C23H25N5O4S. The zero-order valence-corrected chi connectivity index (χ0v) is 19.2. The summed E-state index contributed by atoms with van der Waals surface area (Å²) in [7, 11) is -3.33. The van der Waals surface area contributed by atoms with Crippen LogP contribution in [-0.2, 0) is 14.6 Å². The van der Waals surface area contributed by atoms with E-state index in [-0.39, 0.29) is 22.8 Å². The van der Waals surface area contributed by atoms with Crippen LogP contribution in [0.2, 0.25) is 0 Å². The zero-order chi connectivity index (χ0) is 23.6. The van der Waals surface area contributed by atoms with E-state index in [0.29, 0.717) is 42.2 Å². The van der Waals surface area contributed by atoms with Crippen LogP contribution in [-0.4, -0.2) is 60.5 Å². The summed E-state index contributed by atoms with van der Waals surface area (Å²) in [6, 6.07) is 11.6. The number of rotatable bonds is 6. The van der Waals surface area contributed by atoms with E-state index in [1.807, 2.05) is 0 Å². The quantitative estimate of drug-likeness (QED) is 0.572. The van der Waals surface area contributed by atoms with Crippen LogP contribution < -0.4 is 10.6 Å². The minimum atomic E-state index is -3.33. The number of nitrogens with one attached hydrogen (secondary N) is 2. The van der Waals surface area contributed by atoms with Gasteiger partial charge in [0.15, 0.2) is 9.84 Å². The Morgan fingerprint density at radius 2 is 1.91 bits per heavy atom. The molecule has 2 heterocycles. The largest absolute Gasteiger partial charge is 0.350 e. The molecule has 1 aromatic heterocycles. The molecule has 33 heavy (non-hydrogen) atoms. The molecule has 0 unspecified atom stereocenters. The molecule has 172 valence electrons. The first-order valence-electron chi connectivity index (χ1n) is 10.7. The molecule has 9 nitrogen and oxygen atoms in total. The SMILES string of the molecule is CCC(=O)Nc1ccc(C(=O)N2CC[C@@H](Nc3ncc4ccc(S(C)(=O)=O)cc4n3)C2)cc1. The number of amides is 2. The van der Waals surface area contributed by atoms with Gasteiger partial charge in [-0.05, 0) is 48.9 Å². The number of fused-ring (bicyclic) bond motifs is 1. The van der Waals surface area contributed by atoms with E-state index in [1.165, 1.54) is 6.07 Å². The standard InChI is InChI=1S/C23H25N5O4S/c1-3-21(29)25-17-7-4-15(5-8-17)22(30)28-11-10-18(14-28)26-23-24-13-16-6-9-19(33(2,31)32)12-20(16)27-23/h4-9,12-13,18H,3,10-11,14H2,1-2H3,(H,25,29)(H,24,26,27)/t18-/m1/s1. The van der Waals surface area contributed by atoms with Gasteiger partial charge in [-0.3, -0.25) is 9.59 Å². The van der Waals surface area contributed by atoms with Crippen molar-refractivity contribution in [2.45, 2.75) is 30.7 Å². The number of hydrogen-bond acceptors (Lipinski definition) is 7. The lowest BCUT2D eigenvalue weighted by molar-refractivity contribution is -0.115. The van der Waals surface area contributed by atoms with Gasteiger partial charge in [0.1, 0.15) is 0 Å². The predicted octanol–water partition coefficient (Wildman–Crippen LogP) is 2.71. The van der Waals surface area contributed by atoms with Gasteiger partial charge < -0.3 is 15.5 Å². The molecule has 2 aromatic carbocycles. The third-order valence-corrected chi connectivity index (χ3v) is 6.64. The molecule has 1 atom stereocenters. The maximum absolute atomic E-state index is 12.9. The smallest absolute Gasteiger partial charge is 0.253 e. The Kier molecular flexibility index (Phi) is 6.28. The van der Waals surface area contributed by atoms with Crippen LogP contribution in [0.3, 0.4) is 0 Å². The lowest BCUT2D eigenvalue weighted by Crippen LogP contribution is -2.31. The van der Waals surface area contributed by atoms with Gasteiger partial charge in [-0.25, -0.2) is 18.4 Å². The van der Waals surface area contributed by atoms with Crippen molar-refractivity contribution in [1.82, 2.24) is 14.9 Å². The monoisotopic (exact) mass is 467 g/mol. The van der Waals surface area contributed by atoms with Crippen molar-refractivity contribution < 1.29 is 18.0 Å². The molecule has 10 heteroatoms. The Bertz CT molecular complexity index is 1310. The molecule has 1 aliphatic heterocycles. The average Bonchev–Trinajstić information content (AvgIpc) is 3.26. The van der Waals surface area contributed by atoms with E-state index >= 15 is 0 Å². The summed E-state index contributed by atoms with van der Waals surface area (Å²) in [5.41, 5.74) is 1.75. The summed E-state index contributed by atoms with van der Waals surface area (Å²) in [6.07, 6.45) is 3.94. The number of anilines is 2. The Morgan fingerprint density at radius 3 is 2.61 bits per heavy atom. The van der Waals surface area contributed by atoms with Gasteiger partial charge in [-0.2, -0.15) is 0 Å². The topological polar surface area (TPSA) is 121 Å². The van der Waals surface area contributed by atoms with Crippen molar-refractivity contribution in [3.63, 3.8) is 0 Å². The molecule has 0 bridgehead atoms. The number of aromatic nitrogens is 2. The van der Waals surface area contributed by atoms with Gasteiger partial charge in [0.2, 0.25) is 11.9 Å². The molecule has 0 saturated carbocycles. The van der Waals surface area contributed by atoms with Crippen LogP contribution in [0.25, 0.3) is 10.9 Å². The van der Waals surface area contributed by atoms with Crippen LogP contribution >= 0.6 is 0 Å². The molecule has 1 aliphatic rings. The van der Waals surface area contributed by atoms with Crippen LogP contribution in [0.1, 0.15) is 30.1 Å². The van der Waals surface area contributed by atoms with Gasteiger partial charge >= 0.3 is 0 Å². The molecule has 0 spiro atoms. The summed E-state index contributed by atoms with van der Waals surface area (Å²) in [5, 5.41) is 6.76. The third-order valence-electron chi connectivity index (χ3n) is 5.53. The fourth-order valence-electron chi connectivity index (χ4n) is 3.68. The van der Waals surface area contributed by atoms with Crippen LogP contribution in [0.4, 0.5) is 11.6 Å². The molecular weight excluding hydrogens is 442 g/mol. The maximum Gasteiger partial charge on any atom is 0.253 e. The van der Waals surface area contributed by atoms with Crippen molar-refractivity contribution >= 4 is 44.2 Å². The first-order chi connectivity index (χ1) is 15.7. The van der Waals surface area contributed by atoms with Crippen molar-refractivity contribution in [3.05, 3.63) is 54.2 Å². The van der Waals surface area contributed by atoms with Crippen LogP contribution in [0.15, 0.2) is 53.6 Å². The normalized spacial score (nSPS) is 16.1. The number of carbonyl (C=O) groups excluding carboxylic acids is 2. The van der Waals surface area contributed by atoms with Gasteiger partial charge in [0.25, 0.3) is 5.91 Å². The molecule has 2 N–H and O–H groups in total. The van der Waals surface area contributed by atoms with E-state index < -0.39 is 9.84 Å². The minimum Gasteiger partial charge on any atom is -0.350 e. The summed E-state index contributed by atoms with van der Waals surface area (Å²) in [4.78, 5) is 35.1. The highest BCUT2D eigenvalue weighted by Crippen LogP contribution is 2.21. The molecule has 0 aliphatic carbocycles. The summed E-state index contributed by atoms with van der Waals surface area (Å²) in [5.74, 6) is 0.236. The molecule has 1 saturated heterocycles. The van der Waals surface area contributed by atoms with E-state index in [0.717, 1.165) is 18.1 Å². The first-order valence-corrected chi connectivity index (χ1v) is 12.5. The summed E-state index contributed by atoms with van der Waals surface area (Å²) in [6.45, 7) is 2.87. The molecule has 3 aromatic rings. The molecule has 4 rings (SSSR count). The molecule has 2 amide bonds. The first kappa shape index (κ1) is 22.7. The Labute approximate surface area is 192 Å². The van der Waals surface area contributed by atoms with Crippen molar-refractivity contribution in [1.29, 1.82) is 0 Å². The fraction of sp³-hybridized carbons (Fsp3) is 0.304. The van der Waals surface area contributed by atoms with Gasteiger partial charge in [0.05, 0.1) is 10.4 Å². The number of nitrogens with zero attached hydrogens (tertiary/aromatic N) is 3. The van der Waals surface area contributed by atoms with Crippen LogP contribution in [0, 0.1) is 0 Å². The summed E-state index contributed by atoms with van der Waals surface area (Å²) >= 11 is 0. The van der Waals surface area contributed by atoms with E-state index in [4.69, 9.17) is 0 Å².